The molecular formula is C13H21N5. The third-order valence-electron chi connectivity index (χ3n) is 3.34. The Balaban J connectivity index is 2.04. The lowest BCUT2D eigenvalue weighted by Crippen LogP contribution is -2.38. The molecule has 0 spiro atoms. The largest absolute Gasteiger partial charge is 0.281 e. The maximum Gasteiger partial charge on any atom is 0.141 e. The quantitative estimate of drug-likeness (QED) is 0.814. The van der Waals surface area contributed by atoms with Crippen molar-refractivity contribution in [1.29, 1.82) is 5.26 Å². The third-order valence-corrected chi connectivity index (χ3v) is 3.34. The number of piperidine rings is 1. The fourth-order valence-corrected chi connectivity index (χ4v) is 2.42. The Morgan fingerprint density at radius 2 is 2.33 bits per heavy atom. The van der Waals surface area contributed by atoms with E-state index >= 15 is 0 Å². The summed E-state index contributed by atoms with van der Waals surface area (Å²) < 4.78 is 1.97. The zero-order chi connectivity index (χ0) is 13.0. The van der Waals surface area contributed by atoms with Crippen LogP contribution in [0.15, 0.2) is 6.33 Å². The van der Waals surface area contributed by atoms with Crippen LogP contribution in [-0.4, -0.2) is 32.3 Å². The molecule has 5 nitrogen and oxygen atoms in total. The van der Waals surface area contributed by atoms with Gasteiger partial charge in [-0.3, -0.25) is 4.90 Å². The molecule has 1 aromatic heterocycles. The van der Waals surface area contributed by atoms with Crippen LogP contribution in [0, 0.1) is 17.2 Å². The van der Waals surface area contributed by atoms with Gasteiger partial charge >= 0.3 is 0 Å². The topological polar surface area (TPSA) is 57.7 Å². The molecule has 18 heavy (non-hydrogen) atoms. The minimum Gasteiger partial charge on any atom is -0.281 e. The number of nitriles is 1. The van der Waals surface area contributed by atoms with Crippen LogP contribution < -0.4 is 0 Å². The van der Waals surface area contributed by atoms with Crippen LogP contribution in [0.5, 0.6) is 0 Å². The standard InChI is InChI=1S/C13H21N5/c1-11(2)8-18-13(15-10-16-18)9-17-6-4-3-5-12(17)7-14/h10-12H,3-6,8-9H2,1-2H3. The predicted molar refractivity (Wildman–Crippen MR) is 68.5 cm³/mol. The summed E-state index contributed by atoms with van der Waals surface area (Å²) in [5.74, 6) is 1.53. The van der Waals surface area contributed by atoms with Crippen molar-refractivity contribution in [3.8, 4) is 6.07 Å². The fourth-order valence-electron chi connectivity index (χ4n) is 2.42. The van der Waals surface area contributed by atoms with E-state index in [2.05, 4.69) is 34.9 Å². The highest BCUT2D eigenvalue weighted by molar-refractivity contribution is 4.97. The Kier molecular flexibility index (Phi) is 4.32. The Morgan fingerprint density at radius 3 is 3.06 bits per heavy atom. The molecule has 1 atom stereocenters. The van der Waals surface area contributed by atoms with Crippen molar-refractivity contribution >= 4 is 0 Å². The van der Waals surface area contributed by atoms with Crippen molar-refractivity contribution < 1.29 is 0 Å². The second kappa shape index (κ2) is 5.96. The van der Waals surface area contributed by atoms with Crippen LogP contribution in [0.4, 0.5) is 0 Å². The van der Waals surface area contributed by atoms with Crippen LogP contribution >= 0.6 is 0 Å². The molecule has 1 saturated heterocycles. The van der Waals surface area contributed by atoms with Gasteiger partial charge in [0.2, 0.25) is 0 Å². The molecule has 0 radical (unpaired) electrons. The minimum absolute atomic E-state index is 0.0444. The summed E-state index contributed by atoms with van der Waals surface area (Å²) in [5, 5.41) is 13.4. The van der Waals surface area contributed by atoms with Crippen molar-refractivity contribution in [1.82, 2.24) is 19.7 Å². The maximum absolute atomic E-state index is 9.17. The molecule has 5 heteroatoms. The number of likely N-dealkylation sites (tertiary alicyclic amines) is 1. The molecule has 98 valence electrons. The molecule has 1 aliphatic heterocycles. The zero-order valence-corrected chi connectivity index (χ0v) is 11.2. The molecule has 0 amide bonds. The second-order valence-electron chi connectivity index (χ2n) is 5.36. The Bertz CT molecular complexity index is 417. The van der Waals surface area contributed by atoms with Crippen molar-refractivity contribution in [3.05, 3.63) is 12.2 Å². The Hall–Kier alpha value is -1.41. The van der Waals surface area contributed by atoms with Gasteiger partial charge in [-0.15, -0.1) is 0 Å². The average molecular weight is 247 g/mol. The van der Waals surface area contributed by atoms with E-state index < -0.39 is 0 Å². The molecule has 2 rings (SSSR count). The lowest BCUT2D eigenvalue weighted by Gasteiger charge is -2.30. The molecule has 0 saturated carbocycles. The summed E-state index contributed by atoms with van der Waals surface area (Å²) in [7, 11) is 0. The van der Waals surface area contributed by atoms with Gasteiger partial charge in [0.1, 0.15) is 12.2 Å². The van der Waals surface area contributed by atoms with Gasteiger partial charge in [-0.25, -0.2) is 9.67 Å². The first-order valence-corrected chi connectivity index (χ1v) is 6.71. The van der Waals surface area contributed by atoms with E-state index in [-0.39, 0.29) is 6.04 Å². The molecule has 1 fully saturated rings. The Labute approximate surface area is 108 Å². The van der Waals surface area contributed by atoms with Gasteiger partial charge in [-0.1, -0.05) is 13.8 Å². The molecule has 0 aliphatic carbocycles. The summed E-state index contributed by atoms with van der Waals surface area (Å²) in [6.07, 6.45) is 4.93. The van der Waals surface area contributed by atoms with Gasteiger partial charge in [-0.2, -0.15) is 10.4 Å². The molecule has 0 aromatic carbocycles. The summed E-state index contributed by atoms with van der Waals surface area (Å²) >= 11 is 0. The van der Waals surface area contributed by atoms with Crippen molar-refractivity contribution in [3.63, 3.8) is 0 Å². The molecule has 0 bridgehead atoms. The lowest BCUT2D eigenvalue weighted by molar-refractivity contribution is 0.168. The molecule has 1 aliphatic rings. The van der Waals surface area contributed by atoms with Gasteiger partial charge in [0.15, 0.2) is 0 Å². The molecule has 1 aromatic rings. The number of hydrogen-bond donors (Lipinski definition) is 0. The lowest BCUT2D eigenvalue weighted by atomic mass is 10.0. The van der Waals surface area contributed by atoms with Gasteiger partial charge in [-0.05, 0) is 31.7 Å². The molecule has 2 heterocycles. The summed E-state index contributed by atoms with van der Waals surface area (Å²) in [4.78, 5) is 6.56. The fraction of sp³-hybridized carbons (Fsp3) is 0.769. The van der Waals surface area contributed by atoms with Crippen LogP contribution in [-0.2, 0) is 13.1 Å². The van der Waals surface area contributed by atoms with E-state index in [0.717, 1.165) is 38.3 Å². The van der Waals surface area contributed by atoms with Gasteiger partial charge < -0.3 is 0 Å². The summed E-state index contributed by atoms with van der Waals surface area (Å²) in [6.45, 7) is 6.97. The summed E-state index contributed by atoms with van der Waals surface area (Å²) in [6, 6.07) is 2.44. The molecule has 0 N–H and O–H groups in total. The van der Waals surface area contributed by atoms with Crippen molar-refractivity contribution in [2.45, 2.75) is 52.2 Å². The first kappa shape index (κ1) is 13.0. The minimum atomic E-state index is 0.0444. The van der Waals surface area contributed by atoms with E-state index in [9.17, 15) is 5.26 Å². The SMILES string of the molecule is CC(C)Cn1ncnc1CN1CCCCC1C#N. The van der Waals surface area contributed by atoms with Crippen molar-refractivity contribution in [2.75, 3.05) is 6.54 Å². The maximum atomic E-state index is 9.17. The smallest absolute Gasteiger partial charge is 0.141 e. The van der Waals surface area contributed by atoms with E-state index in [1.807, 2.05) is 4.68 Å². The average Bonchev–Trinajstić information content (AvgIpc) is 2.76. The van der Waals surface area contributed by atoms with Crippen LogP contribution in [0.3, 0.4) is 0 Å². The van der Waals surface area contributed by atoms with E-state index in [1.54, 1.807) is 6.33 Å². The normalized spacial score (nSPS) is 21.1. The number of nitrogens with zero attached hydrogens (tertiary/aromatic N) is 5. The predicted octanol–water partition coefficient (Wildman–Crippen LogP) is 1.81. The first-order chi connectivity index (χ1) is 8.70. The highest BCUT2D eigenvalue weighted by atomic mass is 15.4. The third kappa shape index (κ3) is 3.08. The highest BCUT2D eigenvalue weighted by Crippen LogP contribution is 2.18. The van der Waals surface area contributed by atoms with Gasteiger partial charge in [0.25, 0.3) is 0 Å². The molecular weight excluding hydrogens is 226 g/mol. The van der Waals surface area contributed by atoms with Crippen LogP contribution in [0.2, 0.25) is 0 Å². The van der Waals surface area contributed by atoms with Crippen molar-refractivity contribution in [2.24, 2.45) is 5.92 Å². The van der Waals surface area contributed by atoms with Crippen LogP contribution in [0.1, 0.15) is 38.9 Å². The van der Waals surface area contributed by atoms with E-state index in [4.69, 9.17) is 0 Å². The number of aromatic nitrogens is 3. The number of rotatable bonds is 4. The number of hydrogen-bond acceptors (Lipinski definition) is 4. The van der Waals surface area contributed by atoms with E-state index in [1.165, 1.54) is 6.42 Å². The molecule has 1 unspecified atom stereocenters. The first-order valence-electron chi connectivity index (χ1n) is 6.71. The monoisotopic (exact) mass is 247 g/mol. The van der Waals surface area contributed by atoms with Crippen LogP contribution in [0.25, 0.3) is 0 Å². The zero-order valence-electron chi connectivity index (χ0n) is 11.2. The van der Waals surface area contributed by atoms with Gasteiger partial charge in [0.05, 0.1) is 18.7 Å². The highest BCUT2D eigenvalue weighted by Gasteiger charge is 2.23. The summed E-state index contributed by atoms with van der Waals surface area (Å²) in [5.41, 5.74) is 0. The Morgan fingerprint density at radius 1 is 1.50 bits per heavy atom. The van der Waals surface area contributed by atoms with Gasteiger partial charge in [0, 0.05) is 6.54 Å². The van der Waals surface area contributed by atoms with E-state index in [0.29, 0.717) is 5.92 Å². The second-order valence-corrected chi connectivity index (χ2v) is 5.36.